The number of piperidine rings is 1. The van der Waals surface area contributed by atoms with E-state index in [1.54, 1.807) is 24.3 Å². The van der Waals surface area contributed by atoms with E-state index in [0.29, 0.717) is 32.0 Å². The van der Waals surface area contributed by atoms with Crippen LogP contribution >= 0.6 is 34.8 Å². The Balaban J connectivity index is 0.00000171. The van der Waals surface area contributed by atoms with E-state index in [4.69, 9.17) is 34.8 Å². The van der Waals surface area contributed by atoms with Gasteiger partial charge in [-0.15, -0.1) is 0 Å². The number of rotatable bonds is 4. The fraction of sp³-hybridized carbons (Fsp3) is 0.238. The minimum absolute atomic E-state index is 0. The third-order valence-corrected chi connectivity index (χ3v) is 5.65. The van der Waals surface area contributed by atoms with Gasteiger partial charge in [-0.05, 0) is 43.2 Å². The lowest BCUT2D eigenvalue weighted by atomic mass is 10.1. The average molecular weight is 454 g/mol. The van der Waals surface area contributed by atoms with Crippen LogP contribution in [0.15, 0.2) is 42.5 Å². The highest BCUT2D eigenvalue weighted by atomic mass is 35.5. The zero-order valence-electron chi connectivity index (χ0n) is 15.5. The van der Waals surface area contributed by atoms with Gasteiger partial charge >= 0.3 is 5.91 Å². The molecule has 2 N–H and O–H groups in total. The molecule has 2 heterocycles. The molecule has 4 rings (SSSR count). The van der Waals surface area contributed by atoms with Gasteiger partial charge in [-0.3, -0.25) is 10.2 Å². The third kappa shape index (κ3) is 4.59. The Hall–Kier alpha value is -2.05. The Bertz CT molecular complexity index is 1040. The fourth-order valence-corrected chi connectivity index (χ4v) is 4.02. The van der Waals surface area contributed by atoms with Crippen molar-refractivity contribution >= 4 is 40.7 Å². The second kappa shape index (κ2) is 8.76. The molecule has 5 nitrogen and oxygen atoms in total. The minimum atomic E-state index is -0.279. The zero-order chi connectivity index (χ0) is 20.4. The van der Waals surface area contributed by atoms with Crippen molar-refractivity contribution in [2.75, 3.05) is 13.1 Å². The molecule has 8 heteroatoms. The highest BCUT2D eigenvalue weighted by Crippen LogP contribution is 2.36. The van der Waals surface area contributed by atoms with Gasteiger partial charge in [0.2, 0.25) is 0 Å². The molecule has 1 aliphatic rings. The summed E-state index contributed by atoms with van der Waals surface area (Å²) in [7, 11) is 0. The van der Waals surface area contributed by atoms with E-state index < -0.39 is 0 Å². The summed E-state index contributed by atoms with van der Waals surface area (Å²) in [6.45, 7) is 1.68. The van der Waals surface area contributed by atoms with E-state index in [-0.39, 0.29) is 14.6 Å². The molecular weight excluding hydrogens is 431 g/mol. The highest BCUT2D eigenvalue weighted by Gasteiger charge is 2.22. The van der Waals surface area contributed by atoms with Crippen molar-refractivity contribution in [3.05, 3.63) is 63.4 Å². The van der Waals surface area contributed by atoms with Gasteiger partial charge in [0.05, 0.1) is 16.4 Å². The van der Waals surface area contributed by atoms with Gasteiger partial charge in [-0.25, -0.2) is 9.99 Å². The Labute approximate surface area is 186 Å². The first-order chi connectivity index (χ1) is 14.0. The second-order valence-electron chi connectivity index (χ2n) is 6.93. The van der Waals surface area contributed by atoms with Gasteiger partial charge in [-0.2, -0.15) is 0 Å². The van der Waals surface area contributed by atoms with Crippen molar-refractivity contribution in [2.45, 2.75) is 19.3 Å². The van der Waals surface area contributed by atoms with Crippen molar-refractivity contribution in [1.82, 2.24) is 20.4 Å². The van der Waals surface area contributed by atoms with Gasteiger partial charge < -0.3 is 4.98 Å². The number of H-pyrrole nitrogens is 1. The number of carbonyl (C=O) groups is 1. The predicted molar refractivity (Wildman–Crippen MR) is 122 cm³/mol. The maximum atomic E-state index is 12.8. The number of halogens is 3. The first-order valence-electron chi connectivity index (χ1n) is 9.38. The molecule has 1 fully saturated rings. The van der Waals surface area contributed by atoms with Crippen LogP contribution in [0.2, 0.25) is 15.1 Å². The molecule has 0 aliphatic carbocycles. The Morgan fingerprint density at radius 1 is 1.00 bits per heavy atom. The Morgan fingerprint density at radius 2 is 1.69 bits per heavy atom. The van der Waals surface area contributed by atoms with Crippen LogP contribution in [0.5, 0.6) is 0 Å². The van der Waals surface area contributed by atoms with Crippen LogP contribution in [0.25, 0.3) is 22.5 Å². The van der Waals surface area contributed by atoms with Gasteiger partial charge in [-0.1, -0.05) is 53.4 Å². The van der Waals surface area contributed by atoms with Gasteiger partial charge in [0.25, 0.3) is 0 Å². The largest absolute Gasteiger partial charge is 0.333 e. The highest BCUT2D eigenvalue weighted by molar-refractivity contribution is 6.36. The normalized spacial score (nSPS) is 14.7. The van der Waals surface area contributed by atoms with Crippen LogP contribution in [0.3, 0.4) is 0 Å². The summed E-state index contributed by atoms with van der Waals surface area (Å²) in [6, 6.07) is 12.5. The maximum absolute atomic E-state index is 12.8. The van der Waals surface area contributed by atoms with E-state index in [0.717, 1.165) is 31.5 Å². The van der Waals surface area contributed by atoms with Crippen LogP contribution in [0.1, 0.15) is 32.7 Å². The number of aromatic amines is 1. The van der Waals surface area contributed by atoms with E-state index in [1.807, 2.05) is 23.2 Å². The summed E-state index contributed by atoms with van der Waals surface area (Å²) in [5.74, 6) is -0.0556. The molecule has 3 aromatic rings. The van der Waals surface area contributed by atoms with Crippen LogP contribution in [-0.2, 0) is 0 Å². The minimum Gasteiger partial charge on any atom is -0.333 e. The van der Waals surface area contributed by atoms with Crippen molar-refractivity contribution in [2.24, 2.45) is 0 Å². The lowest BCUT2D eigenvalue weighted by molar-refractivity contribution is 0.0740. The number of amides is 1. The summed E-state index contributed by atoms with van der Waals surface area (Å²) in [6.07, 6.45) is 3.33. The van der Waals surface area contributed by atoms with Crippen LogP contribution in [0.4, 0.5) is 0 Å². The van der Waals surface area contributed by atoms with E-state index in [1.165, 1.54) is 6.42 Å². The molecule has 0 radical (unpaired) electrons. The summed E-state index contributed by atoms with van der Waals surface area (Å²) in [5.41, 5.74) is 5.74. The SMILES string of the molecule is O=C(NN1CCCCC1)c1nc(-c2ccc(Cl)cc2)c(-c2ccc(Cl)cc2Cl)[nH]1.[HH].[HH]. The molecule has 0 spiro atoms. The lowest BCUT2D eigenvalue weighted by Crippen LogP contribution is -2.45. The summed E-state index contributed by atoms with van der Waals surface area (Å²) in [5, 5.41) is 3.57. The molecule has 1 saturated heterocycles. The van der Waals surface area contributed by atoms with Gasteiger partial charge in [0.15, 0.2) is 5.82 Å². The topological polar surface area (TPSA) is 61.0 Å². The van der Waals surface area contributed by atoms with Gasteiger partial charge in [0.1, 0.15) is 0 Å². The molecule has 0 unspecified atom stereocenters. The summed E-state index contributed by atoms with van der Waals surface area (Å²) in [4.78, 5) is 20.5. The summed E-state index contributed by atoms with van der Waals surface area (Å²) < 4.78 is 0. The standard InChI is InChI=1S/C21H19Cl3N4O.2H2/c22-14-6-4-13(5-7-14)18-19(16-9-8-15(23)12-17(16)24)26-20(25-18)21(29)27-28-10-2-1-3-11-28;;/h4-9,12H,1-3,10-11H2,(H,25,26)(H,27,29);2*1H. The number of hydrazine groups is 1. The molecule has 29 heavy (non-hydrogen) atoms. The number of carbonyl (C=O) groups excluding carboxylic acids is 1. The first-order valence-corrected chi connectivity index (χ1v) is 10.5. The monoisotopic (exact) mass is 452 g/mol. The van der Waals surface area contributed by atoms with E-state index in [9.17, 15) is 4.79 Å². The lowest BCUT2D eigenvalue weighted by Gasteiger charge is -2.26. The fourth-order valence-electron chi connectivity index (χ4n) is 3.39. The Kier molecular flexibility index (Phi) is 6.11. The van der Waals surface area contributed by atoms with Gasteiger partial charge in [0, 0.05) is 37.1 Å². The summed E-state index contributed by atoms with van der Waals surface area (Å²) >= 11 is 18.5. The van der Waals surface area contributed by atoms with Crippen LogP contribution in [-0.4, -0.2) is 34.0 Å². The molecule has 154 valence electrons. The number of hydrogen-bond donors (Lipinski definition) is 2. The number of imidazole rings is 1. The van der Waals surface area contributed by atoms with Crippen LogP contribution in [0, 0.1) is 0 Å². The molecule has 0 saturated carbocycles. The van der Waals surface area contributed by atoms with E-state index >= 15 is 0 Å². The number of benzene rings is 2. The molecule has 1 aromatic heterocycles. The molecular formula is C21H23Cl3N4O. The maximum Gasteiger partial charge on any atom is 0.301 e. The number of nitrogens with one attached hydrogen (secondary N) is 2. The van der Waals surface area contributed by atoms with Crippen LogP contribution < -0.4 is 5.43 Å². The average Bonchev–Trinajstić information content (AvgIpc) is 3.14. The molecule has 2 aromatic carbocycles. The first kappa shape index (κ1) is 20.2. The number of hydrogen-bond acceptors (Lipinski definition) is 3. The molecule has 1 aliphatic heterocycles. The number of nitrogens with zero attached hydrogens (tertiary/aromatic N) is 2. The molecule has 0 bridgehead atoms. The second-order valence-corrected chi connectivity index (χ2v) is 8.21. The molecule has 0 atom stereocenters. The van der Waals surface area contributed by atoms with E-state index in [2.05, 4.69) is 15.4 Å². The van der Waals surface area contributed by atoms with Crippen molar-refractivity contribution < 1.29 is 7.65 Å². The van der Waals surface area contributed by atoms with Crippen molar-refractivity contribution in [3.8, 4) is 22.5 Å². The molecule has 1 amide bonds. The van der Waals surface area contributed by atoms with Crippen molar-refractivity contribution in [3.63, 3.8) is 0 Å². The third-order valence-electron chi connectivity index (χ3n) is 4.85. The Morgan fingerprint density at radius 3 is 2.38 bits per heavy atom. The quantitative estimate of drug-likeness (QED) is 0.485. The van der Waals surface area contributed by atoms with Crippen molar-refractivity contribution in [1.29, 1.82) is 0 Å². The predicted octanol–water partition coefficient (Wildman–Crippen LogP) is 6.33. The number of aromatic nitrogens is 2. The zero-order valence-corrected chi connectivity index (χ0v) is 17.8. The smallest absolute Gasteiger partial charge is 0.301 e.